The fourth-order valence-electron chi connectivity index (χ4n) is 3.48. The van der Waals surface area contributed by atoms with Crippen molar-refractivity contribution in [3.8, 4) is 0 Å². The fraction of sp³-hybridized carbons (Fsp3) is 0.706. The van der Waals surface area contributed by atoms with Crippen molar-refractivity contribution in [2.45, 2.75) is 45.1 Å². The Morgan fingerprint density at radius 1 is 1.43 bits per heavy atom. The molecule has 0 aliphatic carbocycles. The average Bonchev–Trinajstić information content (AvgIpc) is 2.97. The molecule has 3 rings (SSSR count). The van der Waals surface area contributed by atoms with Crippen LogP contribution in [-0.4, -0.2) is 59.7 Å². The number of hydrogen-bond donors (Lipinski definition) is 0. The molecule has 0 saturated carbocycles. The second kappa shape index (κ2) is 6.42. The summed E-state index contributed by atoms with van der Waals surface area (Å²) in [6.07, 6.45) is 5.88. The van der Waals surface area contributed by atoms with E-state index in [9.17, 15) is 0 Å². The highest BCUT2D eigenvalue weighted by molar-refractivity contribution is 5.09. The van der Waals surface area contributed by atoms with Crippen molar-refractivity contribution in [3.05, 3.63) is 30.1 Å². The van der Waals surface area contributed by atoms with E-state index in [1.165, 1.54) is 18.5 Å². The van der Waals surface area contributed by atoms with Gasteiger partial charge in [0.25, 0.3) is 0 Å². The first-order chi connectivity index (χ1) is 10.1. The number of likely N-dealkylation sites (tertiary alicyclic amines) is 1. The minimum Gasteiger partial charge on any atom is -0.372 e. The van der Waals surface area contributed by atoms with Crippen molar-refractivity contribution in [3.63, 3.8) is 0 Å². The van der Waals surface area contributed by atoms with Crippen LogP contribution in [0.25, 0.3) is 0 Å². The molecule has 1 aromatic heterocycles. The average molecular weight is 289 g/mol. The van der Waals surface area contributed by atoms with E-state index < -0.39 is 0 Å². The Labute approximate surface area is 128 Å². The number of likely N-dealkylation sites (N-methyl/N-ethyl adjacent to an activating group) is 1. The zero-order valence-corrected chi connectivity index (χ0v) is 13.4. The molecule has 0 aromatic carbocycles. The summed E-state index contributed by atoms with van der Waals surface area (Å²) in [5.74, 6) is 0.715. The fourth-order valence-corrected chi connectivity index (χ4v) is 3.48. The molecular formula is C17H27N3O. The zero-order valence-electron chi connectivity index (χ0n) is 13.4. The third kappa shape index (κ3) is 3.62. The Balaban J connectivity index is 1.48. The predicted molar refractivity (Wildman–Crippen MR) is 84.0 cm³/mol. The molecule has 4 heteroatoms. The second-order valence-electron chi connectivity index (χ2n) is 6.88. The zero-order chi connectivity index (χ0) is 14.8. The highest BCUT2D eigenvalue weighted by Crippen LogP contribution is 2.33. The van der Waals surface area contributed by atoms with E-state index in [0.717, 1.165) is 19.6 Å². The van der Waals surface area contributed by atoms with Crippen molar-refractivity contribution in [2.24, 2.45) is 5.92 Å². The van der Waals surface area contributed by atoms with Crippen LogP contribution >= 0.6 is 0 Å². The lowest BCUT2D eigenvalue weighted by atomic mass is 10.0. The summed E-state index contributed by atoms with van der Waals surface area (Å²) >= 11 is 0. The monoisotopic (exact) mass is 289 g/mol. The van der Waals surface area contributed by atoms with Gasteiger partial charge in [-0.15, -0.1) is 0 Å². The van der Waals surface area contributed by atoms with Gasteiger partial charge in [-0.05, 0) is 38.9 Å². The Kier molecular flexibility index (Phi) is 4.57. The molecule has 0 amide bonds. The standard InChI is InChI=1S/C17H27N3O/c1-13(2)19(3)11-16-7-15-10-20(12-17(15)21-16)9-14-5-4-6-18-8-14/h4-6,8,13,15-17H,7,9-12H2,1-3H3/t15-,16-,17+/m0/s1. The minimum absolute atomic E-state index is 0.424. The molecule has 1 aromatic rings. The van der Waals surface area contributed by atoms with Crippen LogP contribution in [0.2, 0.25) is 0 Å². The van der Waals surface area contributed by atoms with Crippen LogP contribution in [0.5, 0.6) is 0 Å². The molecule has 3 atom stereocenters. The molecule has 2 aliphatic heterocycles. The maximum Gasteiger partial charge on any atom is 0.0747 e. The van der Waals surface area contributed by atoms with Crippen molar-refractivity contribution in [1.29, 1.82) is 0 Å². The van der Waals surface area contributed by atoms with E-state index in [1.54, 1.807) is 0 Å². The number of hydrogen-bond acceptors (Lipinski definition) is 4. The van der Waals surface area contributed by atoms with Gasteiger partial charge in [0.15, 0.2) is 0 Å². The number of nitrogens with zero attached hydrogens (tertiary/aromatic N) is 3. The van der Waals surface area contributed by atoms with Crippen LogP contribution in [0.15, 0.2) is 24.5 Å². The molecule has 4 nitrogen and oxygen atoms in total. The molecule has 3 heterocycles. The summed E-state index contributed by atoms with van der Waals surface area (Å²) < 4.78 is 6.28. The summed E-state index contributed by atoms with van der Waals surface area (Å²) in [6.45, 7) is 8.79. The van der Waals surface area contributed by atoms with Crippen molar-refractivity contribution in [1.82, 2.24) is 14.8 Å². The van der Waals surface area contributed by atoms with Crippen LogP contribution in [0.4, 0.5) is 0 Å². The van der Waals surface area contributed by atoms with E-state index in [1.807, 2.05) is 18.5 Å². The maximum absolute atomic E-state index is 6.28. The highest BCUT2D eigenvalue weighted by atomic mass is 16.5. The lowest BCUT2D eigenvalue weighted by Crippen LogP contribution is -2.35. The summed E-state index contributed by atoms with van der Waals surface area (Å²) in [4.78, 5) is 9.09. The van der Waals surface area contributed by atoms with Gasteiger partial charge in [0.2, 0.25) is 0 Å². The third-order valence-electron chi connectivity index (χ3n) is 4.89. The normalized spacial score (nSPS) is 29.5. The van der Waals surface area contributed by atoms with E-state index in [0.29, 0.717) is 24.2 Å². The Morgan fingerprint density at radius 3 is 2.95 bits per heavy atom. The second-order valence-corrected chi connectivity index (χ2v) is 6.88. The van der Waals surface area contributed by atoms with Gasteiger partial charge in [-0.2, -0.15) is 0 Å². The number of ether oxygens (including phenoxy) is 1. The Hall–Kier alpha value is -0.970. The lowest BCUT2D eigenvalue weighted by molar-refractivity contribution is 0.0171. The Morgan fingerprint density at radius 2 is 2.29 bits per heavy atom. The van der Waals surface area contributed by atoms with Gasteiger partial charge in [-0.3, -0.25) is 9.88 Å². The number of pyridine rings is 1. The van der Waals surface area contributed by atoms with E-state index in [-0.39, 0.29) is 0 Å². The van der Waals surface area contributed by atoms with Gasteiger partial charge in [-0.1, -0.05) is 6.07 Å². The van der Waals surface area contributed by atoms with E-state index >= 15 is 0 Å². The van der Waals surface area contributed by atoms with Crippen molar-refractivity contribution >= 4 is 0 Å². The van der Waals surface area contributed by atoms with Gasteiger partial charge in [0.05, 0.1) is 12.2 Å². The van der Waals surface area contributed by atoms with Gasteiger partial charge in [0, 0.05) is 50.5 Å². The van der Waals surface area contributed by atoms with Crippen molar-refractivity contribution < 1.29 is 4.74 Å². The van der Waals surface area contributed by atoms with Crippen molar-refractivity contribution in [2.75, 3.05) is 26.7 Å². The number of fused-ring (bicyclic) bond motifs is 1. The highest BCUT2D eigenvalue weighted by Gasteiger charge is 2.41. The first-order valence-corrected chi connectivity index (χ1v) is 8.08. The minimum atomic E-state index is 0.424. The Bertz CT molecular complexity index is 437. The van der Waals surface area contributed by atoms with Crippen LogP contribution < -0.4 is 0 Å². The number of aromatic nitrogens is 1. The topological polar surface area (TPSA) is 28.6 Å². The summed E-state index contributed by atoms with van der Waals surface area (Å²) in [6, 6.07) is 4.76. The smallest absolute Gasteiger partial charge is 0.0747 e. The van der Waals surface area contributed by atoms with Crippen LogP contribution in [-0.2, 0) is 11.3 Å². The molecule has 2 saturated heterocycles. The molecule has 0 N–H and O–H groups in total. The molecule has 0 spiro atoms. The lowest BCUT2D eigenvalue weighted by Gasteiger charge is -2.25. The molecule has 0 unspecified atom stereocenters. The van der Waals surface area contributed by atoms with Gasteiger partial charge in [0.1, 0.15) is 0 Å². The first-order valence-electron chi connectivity index (χ1n) is 8.08. The molecule has 21 heavy (non-hydrogen) atoms. The first kappa shape index (κ1) is 14.9. The summed E-state index contributed by atoms with van der Waals surface area (Å²) in [5, 5.41) is 0. The molecule has 116 valence electrons. The molecule has 2 fully saturated rings. The largest absolute Gasteiger partial charge is 0.372 e. The van der Waals surface area contributed by atoms with Crippen LogP contribution in [0.3, 0.4) is 0 Å². The predicted octanol–water partition coefficient (Wildman–Crippen LogP) is 2.01. The summed E-state index contributed by atoms with van der Waals surface area (Å²) in [5.41, 5.74) is 1.30. The molecule has 0 radical (unpaired) electrons. The maximum atomic E-state index is 6.28. The third-order valence-corrected chi connectivity index (χ3v) is 4.89. The summed E-state index contributed by atoms with van der Waals surface area (Å²) in [7, 11) is 2.19. The molecule has 0 bridgehead atoms. The SMILES string of the molecule is CC(C)N(C)C[C@@H]1C[C@H]2CN(Cc3cccnc3)C[C@H]2O1. The molecule has 2 aliphatic rings. The van der Waals surface area contributed by atoms with Gasteiger partial charge in [-0.25, -0.2) is 0 Å². The van der Waals surface area contributed by atoms with Gasteiger partial charge < -0.3 is 9.64 Å². The van der Waals surface area contributed by atoms with Crippen LogP contribution in [0, 0.1) is 5.92 Å². The molecular weight excluding hydrogens is 262 g/mol. The quantitative estimate of drug-likeness (QED) is 0.829. The van der Waals surface area contributed by atoms with E-state index in [4.69, 9.17) is 4.74 Å². The number of rotatable bonds is 5. The van der Waals surface area contributed by atoms with Crippen LogP contribution in [0.1, 0.15) is 25.8 Å². The van der Waals surface area contributed by atoms with E-state index in [2.05, 4.69) is 41.7 Å². The van der Waals surface area contributed by atoms with Gasteiger partial charge >= 0.3 is 0 Å².